The number of hydrogen-bond donors (Lipinski definition) is 2. The molecule has 2 amide bonds. The summed E-state index contributed by atoms with van der Waals surface area (Å²) in [6, 6.07) is 0.253. The van der Waals surface area contributed by atoms with Gasteiger partial charge in [-0.3, -0.25) is 9.59 Å². The Morgan fingerprint density at radius 1 is 1.22 bits per heavy atom. The minimum atomic E-state index is -0.541. The first-order chi connectivity index (χ1) is 8.42. The molecule has 0 spiro atoms. The fraction of sp³-hybridized carbons (Fsp3) is 0.846. The van der Waals surface area contributed by atoms with Gasteiger partial charge in [-0.1, -0.05) is 0 Å². The summed E-state index contributed by atoms with van der Waals surface area (Å²) in [5.74, 6) is -0.0182. The quantitative estimate of drug-likeness (QED) is 0.738. The second-order valence-corrected chi connectivity index (χ2v) is 6.05. The van der Waals surface area contributed by atoms with Gasteiger partial charge in [-0.2, -0.15) is 0 Å². The summed E-state index contributed by atoms with van der Waals surface area (Å²) in [5.41, 5.74) is 10.7. The molecule has 0 aromatic heterocycles. The van der Waals surface area contributed by atoms with Crippen LogP contribution in [0.2, 0.25) is 0 Å². The molecule has 102 valence electrons. The molecule has 2 rings (SSSR count). The van der Waals surface area contributed by atoms with Crippen LogP contribution in [0.5, 0.6) is 0 Å². The maximum absolute atomic E-state index is 12.4. The fourth-order valence-corrected chi connectivity index (χ4v) is 2.97. The first kappa shape index (κ1) is 13.3. The molecule has 0 bridgehead atoms. The minimum Gasteiger partial charge on any atom is -0.369 e. The number of rotatable bonds is 2. The third kappa shape index (κ3) is 2.51. The van der Waals surface area contributed by atoms with E-state index in [9.17, 15) is 9.59 Å². The van der Waals surface area contributed by atoms with Crippen LogP contribution in [-0.4, -0.2) is 35.8 Å². The molecule has 18 heavy (non-hydrogen) atoms. The van der Waals surface area contributed by atoms with E-state index in [2.05, 4.69) is 0 Å². The Morgan fingerprint density at radius 3 is 2.33 bits per heavy atom. The predicted molar refractivity (Wildman–Crippen MR) is 68.4 cm³/mol. The molecule has 1 saturated heterocycles. The average Bonchev–Trinajstić information content (AvgIpc) is 2.73. The van der Waals surface area contributed by atoms with Gasteiger partial charge in [-0.25, -0.2) is 0 Å². The third-order valence-corrected chi connectivity index (χ3v) is 4.50. The van der Waals surface area contributed by atoms with E-state index >= 15 is 0 Å². The summed E-state index contributed by atoms with van der Waals surface area (Å²) in [5, 5.41) is 0. The van der Waals surface area contributed by atoms with Crippen LogP contribution in [0.4, 0.5) is 0 Å². The molecule has 1 unspecified atom stereocenters. The minimum absolute atomic E-state index is 0.0972. The van der Waals surface area contributed by atoms with E-state index in [4.69, 9.17) is 11.5 Å². The number of carbonyl (C=O) groups excluding carboxylic acids is 2. The standard InChI is InChI=1S/C13H23N3O2/c1-13(12(15)18)6-7-16(8-13)11(17)9-2-4-10(14)5-3-9/h9-10H,2-8,14H2,1H3,(H2,15,18). The Labute approximate surface area is 108 Å². The lowest BCUT2D eigenvalue weighted by Gasteiger charge is -2.29. The van der Waals surface area contributed by atoms with Crippen molar-refractivity contribution in [3.63, 3.8) is 0 Å². The fourth-order valence-electron chi connectivity index (χ4n) is 2.97. The van der Waals surface area contributed by atoms with Gasteiger partial charge in [-0.05, 0) is 39.0 Å². The van der Waals surface area contributed by atoms with Crippen LogP contribution in [0.15, 0.2) is 0 Å². The van der Waals surface area contributed by atoms with Gasteiger partial charge >= 0.3 is 0 Å². The van der Waals surface area contributed by atoms with Gasteiger partial charge in [0.1, 0.15) is 0 Å². The van der Waals surface area contributed by atoms with Crippen molar-refractivity contribution in [2.24, 2.45) is 22.8 Å². The largest absolute Gasteiger partial charge is 0.369 e. The zero-order chi connectivity index (χ0) is 13.3. The Morgan fingerprint density at radius 2 is 1.83 bits per heavy atom. The van der Waals surface area contributed by atoms with Crippen LogP contribution in [0.1, 0.15) is 39.0 Å². The highest BCUT2D eigenvalue weighted by Gasteiger charge is 2.42. The average molecular weight is 253 g/mol. The molecule has 5 heteroatoms. The van der Waals surface area contributed by atoms with Gasteiger partial charge in [0.15, 0.2) is 0 Å². The van der Waals surface area contributed by atoms with Gasteiger partial charge in [0.05, 0.1) is 5.41 Å². The number of nitrogens with zero attached hydrogens (tertiary/aromatic N) is 1. The lowest BCUT2D eigenvalue weighted by molar-refractivity contribution is -0.136. The molecule has 0 aromatic rings. The summed E-state index contributed by atoms with van der Waals surface area (Å²) in [4.78, 5) is 25.5. The van der Waals surface area contributed by atoms with Crippen molar-refractivity contribution in [1.82, 2.24) is 4.90 Å². The zero-order valence-corrected chi connectivity index (χ0v) is 11.0. The molecular weight excluding hydrogens is 230 g/mol. The van der Waals surface area contributed by atoms with Crippen molar-refractivity contribution >= 4 is 11.8 Å². The molecule has 2 aliphatic rings. The maximum Gasteiger partial charge on any atom is 0.225 e. The predicted octanol–water partition coefficient (Wildman–Crippen LogP) is 0.228. The highest BCUT2D eigenvalue weighted by Crippen LogP contribution is 2.32. The molecule has 1 aliphatic heterocycles. The molecule has 2 fully saturated rings. The molecule has 4 N–H and O–H groups in total. The number of hydrogen-bond acceptors (Lipinski definition) is 3. The van der Waals surface area contributed by atoms with Crippen molar-refractivity contribution in [2.75, 3.05) is 13.1 Å². The summed E-state index contributed by atoms with van der Waals surface area (Å²) in [6.45, 7) is 2.98. The van der Waals surface area contributed by atoms with Gasteiger partial charge in [0.25, 0.3) is 0 Å². The van der Waals surface area contributed by atoms with Crippen LogP contribution in [-0.2, 0) is 9.59 Å². The Bertz CT molecular complexity index is 350. The molecule has 5 nitrogen and oxygen atoms in total. The van der Waals surface area contributed by atoms with Crippen molar-refractivity contribution < 1.29 is 9.59 Å². The number of primary amides is 1. The second kappa shape index (κ2) is 4.88. The smallest absolute Gasteiger partial charge is 0.225 e. The van der Waals surface area contributed by atoms with Crippen molar-refractivity contribution in [3.05, 3.63) is 0 Å². The van der Waals surface area contributed by atoms with Crippen molar-refractivity contribution in [1.29, 1.82) is 0 Å². The lowest BCUT2D eigenvalue weighted by atomic mass is 9.85. The van der Waals surface area contributed by atoms with Gasteiger partial charge in [0.2, 0.25) is 11.8 Å². The Balaban J connectivity index is 1.93. The molecule has 1 heterocycles. The number of amides is 2. The monoisotopic (exact) mass is 253 g/mol. The van der Waals surface area contributed by atoms with Crippen LogP contribution in [0.25, 0.3) is 0 Å². The second-order valence-electron chi connectivity index (χ2n) is 6.05. The SMILES string of the molecule is CC1(C(N)=O)CCN(C(=O)C2CCC(N)CC2)C1. The van der Waals surface area contributed by atoms with Gasteiger partial charge in [0, 0.05) is 25.0 Å². The van der Waals surface area contributed by atoms with Crippen LogP contribution in [0.3, 0.4) is 0 Å². The summed E-state index contributed by atoms with van der Waals surface area (Å²) in [6.07, 6.45) is 4.29. The van der Waals surface area contributed by atoms with Gasteiger partial charge in [-0.15, -0.1) is 0 Å². The van der Waals surface area contributed by atoms with E-state index in [0.717, 1.165) is 25.7 Å². The lowest BCUT2D eigenvalue weighted by Crippen LogP contribution is -2.42. The highest BCUT2D eigenvalue weighted by atomic mass is 16.2. The van der Waals surface area contributed by atoms with Crippen LogP contribution in [0, 0.1) is 11.3 Å². The van der Waals surface area contributed by atoms with E-state index in [1.807, 2.05) is 11.8 Å². The summed E-state index contributed by atoms with van der Waals surface area (Å²) < 4.78 is 0. The van der Waals surface area contributed by atoms with E-state index < -0.39 is 5.41 Å². The Hall–Kier alpha value is -1.10. The van der Waals surface area contributed by atoms with Crippen molar-refractivity contribution in [3.8, 4) is 0 Å². The first-order valence-electron chi connectivity index (χ1n) is 6.77. The van der Waals surface area contributed by atoms with Crippen molar-refractivity contribution in [2.45, 2.75) is 45.1 Å². The normalized spacial score (nSPS) is 36.7. The third-order valence-electron chi connectivity index (χ3n) is 4.50. The first-order valence-corrected chi connectivity index (χ1v) is 6.77. The van der Waals surface area contributed by atoms with E-state index in [1.54, 1.807) is 0 Å². The Kier molecular flexibility index (Phi) is 3.61. The van der Waals surface area contributed by atoms with Crippen LogP contribution >= 0.6 is 0 Å². The van der Waals surface area contributed by atoms with E-state index in [-0.39, 0.29) is 23.8 Å². The summed E-state index contributed by atoms with van der Waals surface area (Å²) >= 11 is 0. The summed E-state index contributed by atoms with van der Waals surface area (Å²) in [7, 11) is 0. The molecule has 0 aromatic carbocycles. The maximum atomic E-state index is 12.4. The zero-order valence-electron chi connectivity index (χ0n) is 11.0. The molecule has 1 saturated carbocycles. The highest BCUT2D eigenvalue weighted by molar-refractivity contribution is 5.84. The van der Waals surface area contributed by atoms with E-state index in [0.29, 0.717) is 19.5 Å². The number of carbonyl (C=O) groups is 2. The molecular formula is C13H23N3O2. The topological polar surface area (TPSA) is 89.4 Å². The molecule has 1 atom stereocenters. The molecule has 1 aliphatic carbocycles. The van der Waals surface area contributed by atoms with E-state index in [1.165, 1.54) is 0 Å². The van der Waals surface area contributed by atoms with Gasteiger partial charge < -0.3 is 16.4 Å². The van der Waals surface area contributed by atoms with Crippen LogP contribution < -0.4 is 11.5 Å². The molecule has 0 radical (unpaired) electrons. The number of likely N-dealkylation sites (tertiary alicyclic amines) is 1. The number of nitrogens with two attached hydrogens (primary N) is 2.